The Balaban J connectivity index is 1.27. The number of rotatable bonds is 7. The Labute approximate surface area is 198 Å². The molecule has 1 saturated carbocycles. The second kappa shape index (κ2) is 11.3. The van der Waals surface area contributed by atoms with Gasteiger partial charge in [-0.05, 0) is 92.4 Å². The van der Waals surface area contributed by atoms with Crippen LogP contribution in [0.3, 0.4) is 0 Å². The normalized spacial score (nSPS) is 25.6. The van der Waals surface area contributed by atoms with Crippen LogP contribution in [0.5, 0.6) is 0 Å². The molecule has 2 unspecified atom stereocenters. The first-order chi connectivity index (χ1) is 16.0. The third-order valence-corrected chi connectivity index (χ3v) is 7.95. The van der Waals surface area contributed by atoms with E-state index in [0.717, 1.165) is 37.5 Å². The van der Waals surface area contributed by atoms with E-state index < -0.39 is 11.6 Å². The molecule has 176 valence electrons. The summed E-state index contributed by atoms with van der Waals surface area (Å²) in [5.41, 5.74) is 3.54. The fourth-order valence-corrected chi connectivity index (χ4v) is 5.56. The predicted molar refractivity (Wildman–Crippen MR) is 135 cm³/mol. The first-order valence-corrected chi connectivity index (χ1v) is 12.9. The average molecular weight is 449 g/mol. The molecule has 4 rings (SSSR count). The SMILES string of the molecule is CCC1CCC(C=CCCc2ccc(C3C=CC(c4ccc(C)c(F)c4F)CC3)cc2)CC1. The lowest BCUT2D eigenvalue weighted by molar-refractivity contribution is 0.303. The topological polar surface area (TPSA) is 0 Å². The molecular weight excluding hydrogens is 410 g/mol. The molecule has 0 N–H and O–H groups in total. The Morgan fingerprint density at radius 1 is 0.818 bits per heavy atom. The smallest absolute Gasteiger partial charge is 0.162 e. The van der Waals surface area contributed by atoms with Crippen molar-refractivity contribution in [3.63, 3.8) is 0 Å². The molecule has 2 aromatic rings. The highest BCUT2D eigenvalue weighted by Gasteiger charge is 2.23. The molecule has 0 heterocycles. The summed E-state index contributed by atoms with van der Waals surface area (Å²) in [6.45, 7) is 3.93. The zero-order chi connectivity index (χ0) is 23.2. The second-order valence-electron chi connectivity index (χ2n) is 10.2. The van der Waals surface area contributed by atoms with Crippen LogP contribution in [0.15, 0.2) is 60.7 Å². The van der Waals surface area contributed by atoms with E-state index in [1.54, 1.807) is 19.1 Å². The summed E-state index contributed by atoms with van der Waals surface area (Å²) >= 11 is 0. The van der Waals surface area contributed by atoms with Crippen molar-refractivity contribution in [2.75, 3.05) is 0 Å². The first kappa shape index (κ1) is 23.9. The second-order valence-corrected chi connectivity index (χ2v) is 10.2. The van der Waals surface area contributed by atoms with Crippen molar-refractivity contribution >= 4 is 0 Å². The van der Waals surface area contributed by atoms with Crippen molar-refractivity contribution in [3.8, 4) is 0 Å². The van der Waals surface area contributed by atoms with Crippen molar-refractivity contribution in [2.24, 2.45) is 11.8 Å². The molecule has 2 heteroatoms. The lowest BCUT2D eigenvalue weighted by Crippen LogP contribution is -2.12. The van der Waals surface area contributed by atoms with Crippen molar-refractivity contribution < 1.29 is 8.78 Å². The monoisotopic (exact) mass is 448 g/mol. The maximum absolute atomic E-state index is 14.4. The van der Waals surface area contributed by atoms with E-state index in [1.807, 2.05) is 0 Å². The summed E-state index contributed by atoms with van der Waals surface area (Å²) in [7, 11) is 0. The summed E-state index contributed by atoms with van der Waals surface area (Å²) in [5.74, 6) is 0.672. The van der Waals surface area contributed by atoms with Crippen LogP contribution in [0.4, 0.5) is 8.78 Å². The molecule has 1 fully saturated rings. The highest BCUT2D eigenvalue weighted by Crippen LogP contribution is 2.37. The van der Waals surface area contributed by atoms with Gasteiger partial charge in [-0.25, -0.2) is 8.78 Å². The van der Waals surface area contributed by atoms with Crippen molar-refractivity contribution in [2.45, 2.75) is 83.5 Å². The van der Waals surface area contributed by atoms with Gasteiger partial charge in [0.25, 0.3) is 0 Å². The summed E-state index contributed by atoms with van der Waals surface area (Å²) in [5, 5.41) is 0. The zero-order valence-electron chi connectivity index (χ0n) is 20.2. The van der Waals surface area contributed by atoms with Gasteiger partial charge in [0, 0.05) is 11.8 Å². The van der Waals surface area contributed by atoms with Crippen LogP contribution in [0, 0.1) is 30.4 Å². The maximum atomic E-state index is 14.4. The average Bonchev–Trinajstić information content (AvgIpc) is 2.86. The molecule has 0 bridgehead atoms. The molecule has 0 nitrogen and oxygen atoms in total. The highest BCUT2D eigenvalue weighted by atomic mass is 19.2. The van der Waals surface area contributed by atoms with Gasteiger partial charge in [-0.3, -0.25) is 0 Å². The Hall–Kier alpha value is -2.22. The Bertz CT molecular complexity index is 961. The van der Waals surface area contributed by atoms with Crippen LogP contribution in [0.2, 0.25) is 0 Å². The fraction of sp³-hybridized carbons (Fsp3) is 0.484. The Kier molecular flexibility index (Phi) is 8.17. The minimum absolute atomic E-state index is 0.0422. The van der Waals surface area contributed by atoms with Crippen LogP contribution in [0.1, 0.15) is 92.4 Å². The van der Waals surface area contributed by atoms with Gasteiger partial charge in [0.1, 0.15) is 0 Å². The third kappa shape index (κ3) is 6.02. The van der Waals surface area contributed by atoms with Crippen molar-refractivity contribution in [1.29, 1.82) is 0 Å². The summed E-state index contributed by atoms with van der Waals surface area (Å²) in [4.78, 5) is 0. The Morgan fingerprint density at radius 2 is 1.52 bits per heavy atom. The van der Waals surface area contributed by atoms with Crippen LogP contribution >= 0.6 is 0 Å². The molecule has 2 atom stereocenters. The van der Waals surface area contributed by atoms with Gasteiger partial charge in [-0.2, -0.15) is 0 Å². The highest BCUT2D eigenvalue weighted by molar-refractivity contribution is 5.35. The van der Waals surface area contributed by atoms with E-state index in [1.165, 1.54) is 43.2 Å². The molecule has 2 aliphatic carbocycles. The number of benzene rings is 2. The van der Waals surface area contributed by atoms with Gasteiger partial charge < -0.3 is 0 Å². The lowest BCUT2D eigenvalue weighted by Gasteiger charge is -2.25. The largest absolute Gasteiger partial charge is 0.203 e. The molecular formula is C31H38F2. The molecule has 0 radical (unpaired) electrons. The third-order valence-electron chi connectivity index (χ3n) is 7.95. The van der Waals surface area contributed by atoms with Gasteiger partial charge in [0.05, 0.1) is 0 Å². The van der Waals surface area contributed by atoms with Gasteiger partial charge in [0.15, 0.2) is 11.6 Å². The summed E-state index contributed by atoms with van der Waals surface area (Å²) in [6, 6.07) is 12.4. The fourth-order valence-electron chi connectivity index (χ4n) is 5.56. The minimum atomic E-state index is -0.711. The Morgan fingerprint density at radius 3 is 2.18 bits per heavy atom. The van der Waals surface area contributed by atoms with E-state index >= 15 is 0 Å². The quantitative estimate of drug-likeness (QED) is 0.370. The summed E-state index contributed by atoms with van der Waals surface area (Å²) in [6.07, 6.45) is 20.0. The standard InChI is InChI=1S/C31H38F2/c1-3-23-9-11-24(12-10-23)6-4-5-7-25-13-15-26(16-14-25)27-17-19-28(20-18-27)29-21-8-22(2)30(32)31(29)33/h4,6,8,13-17,19,21,23-24,27-28H,3,5,7,9-12,18,20H2,1-2H3. The van der Waals surface area contributed by atoms with Crippen LogP contribution < -0.4 is 0 Å². The van der Waals surface area contributed by atoms with E-state index in [4.69, 9.17) is 0 Å². The number of halogens is 2. The van der Waals surface area contributed by atoms with Gasteiger partial charge in [0.2, 0.25) is 0 Å². The molecule has 33 heavy (non-hydrogen) atoms. The van der Waals surface area contributed by atoms with Gasteiger partial charge in [-0.1, -0.05) is 74.0 Å². The molecule has 0 amide bonds. The molecule has 0 aromatic heterocycles. The molecule has 2 aromatic carbocycles. The van der Waals surface area contributed by atoms with E-state index in [2.05, 4.69) is 55.5 Å². The van der Waals surface area contributed by atoms with E-state index in [9.17, 15) is 8.78 Å². The van der Waals surface area contributed by atoms with Crippen LogP contribution in [-0.2, 0) is 6.42 Å². The maximum Gasteiger partial charge on any atom is 0.162 e. The van der Waals surface area contributed by atoms with Gasteiger partial charge in [-0.15, -0.1) is 0 Å². The minimum Gasteiger partial charge on any atom is -0.203 e. The molecule has 2 aliphatic rings. The number of allylic oxidation sites excluding steroid dienone is 4. The van der Waals surface area contributed by atoms with E-state index in [-0.39, 0.29) is 5.92 Å². The molecule has 0 spiro atoms. The number of aryl methyl sites for hydroxylation is 2. The molecule has 0 aliphatic heterocycles. The summed E-state index contributed by atoms with van der Waals surface area (Å²) < 4.78 is 28.3. The number of hydrogen-bond donors (Lipinski definition) is 0. The number of hydrogen-bond acceptors (Lipinski definition) is 0. The van der Waals surface area contributed by atoms with Gasteiger partial charge >= 0.3 is 0 Å². The zero-order valence-corrected chi connectivity index (χ0v) is 20.2. The molecule has 0 saturated heterocycles. The van der Waals surface area contributed by atoms with Crippen LogP contribution in [0.25, 0.3) is 0 Å². The predicted octanol–water partition coefficient (Wildman–Crippen LogP) is 9.20. The lowest BCUT2D eigenvalue weighted by atomic mass is 9.80. The van der Waals surface area contributed by atoms with Crippen molar-refractivity contribution in [3.05, 3.63) is 94.6 Å². The first-order valence-electron chi connectivity index (χ1n) is 12.9. The van der Waals surface area contributed by atoms with Crippen molar-refractivity contribution in [1.82, 2.24) is 0 Å². The van der Waals surface area contributed by atoms with E-state index in [0.29, 0.717) is 17.0 Å². The van der Waals surface area contributed by atoms with Crippen LogP contribution in [-0.4, -0.2) is 0 Å².